The van der Waals surface area contributed by atoms with Crippen molar-refractivity contribution in [2.24, 2.45) is 0 Å². The number of halogens is 1. The molecular weight excluding hydrogens is 248 g/mol. The molecule has 0 aromatic heterocycles. The quantitative estimate of drug-likeness (QED) is 0.700. The molecule has 0 saturated heterocycles. The highest BCUT2D eigenvalue weighted by molar-refractivity contribution is 6.58. The Kier molecular flexibility index (Phi) is 4.55. The van der Waals surface area contributed by atoms with Gasteiger partial charge < -0.3 is 15.4 Å². The lowest BCUT2D eigenvalue weighted by molar-refractivity contribution is 0.0927. The first-order valence-corrected chi connectivity index (χ1v) is 6.54. The Hall–Kier alpha value is -1.40. The van der Waals surface area contributed by atoms with Gasteiger partial charge in [0.25, 0.3) is 5.91 Å². The van der Waals surface area contributed by atoms with Crippen LogP contribution in [0.3, 0.4) is 0 Å². The molecule has 4 nitrogen and oxygen atoms in total. The minimum atomic E-state index is -1.87. The predicted octanol–water partition coefficient (Wildman–Crippen LogP) is 0.568. The molecule has 0 unspecified atom stereocenters. The Balaban J connectivity index is 2.04. The zero-order valence-corrected chi connectivity index (χ0v) is 10.6. The summed E-state index contributed by atoms with van der Waals surface area (Å²) in [4.78, 5) is 11.9. The SMILES string of the molecule is O=C(NC1CCCCC1)c1ccc(B(O)O)c(F)c1. The lowest BCUT2D eigenvalue weighted by atomic mass is 9.79. The zero-order chi connectivity index (χ0) is 13.8. The molecular formula is C13H17BFNO3. The maximum absolute atomic E-state index is 13.5. The summed E-state index contributed by atoms with van der Waals surface area (Å²) in [6.07, 6.45) is 5.33. The van der Waals surface area contributed by atoms with E-state index in [0.717, 1.165) is 31.7 Å². The molecule has 0 heterocycles. The standard InChI is InChI=1S/C13H17BFNO3/c15-12-8-9(6-7-11(12)14(18)19)13(17)16-10-4-2-1-3-5-10/h6-8,10,18-19H,1-5H2,(H,16,17). The number of carbonyl (C=O) groups excluding carboxylic acids is 1. The van der Waals surface area contributed by atoms with Gasteiger partial charge in [-0.25, -0.2) is 4.39 Å². The smallest absolute Gasteiger partial charge is 0.423 e. The van der Waals surface area contributed by atoms with Gasteiger partial charge in [0.1, 0.15) is 5.82 Å². The second kappa shape index (κ2) is 6.17. The first-order valence-electron chi connectivity index (χ1n) is 6.54. The number of carbonyl (C=O) groups is 1. The third-order valence-electron chi connectivity index (χ3n) is 3.48. The van der Waals surface area contributed by atoms with Crippen molar-refractivity contribution in [3.8, 4) is 0 Å². The van der Waals surface area contributed by atoms with Crippen LogP contribution in [0.5, 0.6) is 0 Å². The molecule has 1 aliphatic rings. The predicted molar refractivity (Wildman–Crippen MR) is 70.6 cm³/mol. The summed E-state index contributed by atoms with van der Waals surface area (Å²) in [5.74, 6) is -1.10. The molecule has 1 aliphatic carbocycles. The molecule has 1 saturated carbocycles. The van der Waals surface area contributed by atoms with Gasteiger partial charge in [-0.05, 0) is 25.0 Å². The molecule has 0 radical (unpaired) electrons. The van der Waals surface area contributed by atoms with Crippen LogP contribution in [0.1, 0.15) is 42.5 Å². The average Bonchev–Trinajstić information content (AvgIpc) is 2.39. The molecule has 6 heteroatoms. The average molecular weight is 265 g/mol. The van der Waals surface area contributed by atoms with E-state index in [2.05, 4.69) is 5.32 Å². The first kappa shape index (κ1) is 14.0. The van der Waals surface area contributed by atoms with Crippen LogP contribution in [-0.4, -0.2) is 29.1 Å². The molecule has 19 heavy (non-hydrogen) atoms. The van der Waals surface area contributed by atoms with E-state index in [1.807, 2.05) is 0 Å². The van der Waals surface area contributed by atoms with E-state index in [0.29, 0.717) is 0 Å². The largest absolute Gasteiger partial charge is 0.491 e. The zero-order valence-electron chi connectivity index (χ0n) is 10.6. The van der Waals surface area contributed by atoms with Gasteiger partial charge in [0.05, 0.1) is 0 Å². The summed E-state index contributed by atoms with van der Waals surface area (Å²) in [5, 5.41) is 20.7. The number of rotatable bonds is 3. The van der Waals surface area contributed by atoms with Gasteiger partial charge >= 0.3 is 7.12 Å². The summed E-state index contributed by atoms with van der Waals surface area (Å²) < 4.78 is 13.5. The van der Waals surface area contributed by atoms with Gasteiger partial charge in [0, 0.05) is 17.1 Å². The number of benzene rings is 1. The van der Waals surface area contributed by atoms with Crippen LogP contribution < -0.4 is 10.8 Å². The molecule has 1 aromatic carbocycles. The fraction of sp³-hybridized carbons (Fsp3) is 0.462. The molecule has 0 bridgehead atoms. The molecule has 0 spiro atoms. The summed E-state index contributed by atoms with van der Waals surface area (Å²) in [6, 6.07) is 3.81. The minimum Gasteiger partial charge on any atom is -0.423 e. The Morgan fingerprint density at radius 1 is 1.26 bits per heavy atom. The fourth-order valence-electron chi connectivity index (χ4n) is 2.39. The second-order valence-electron chi connectivity index (χ2n) is 4.92. The number of nitrogens with one attached hydrogen (secondary N) is 1. The van der Waals surface area contributed by atoms with Gasteiger partial charge in [0.15, 0.2) is 0 Å². The first-order chi connectivity index (χ1) is 9.08. The van der Waals surface area contributed by atoms with Crippen molar-refractivity contribution < 1.29 is 19.2 Å². The number of amides is 1. The van der Waals surface area contributed by atoms with Crippen LogP contribution in [0.25, 0.3) is 0 Å². The van der Waals surface area contributed by atoms with Gasteiger partial charge in [0.2, 0.25) is 0 Å². The summed E-state index contributed by atoms with van der Waals surface area (Å²) in [5.41, 5.74) is -0.0262. The van der Waals surface area contributed by atoms with E-state index >= 15 is 0 Å². The van der Waals surface area contributed by atoms with Gasteiger partial charge in [-0.3, -0.25) is 4.79 Å². The number of hydrogen-bond donors (Lipinski definition) is 3. The Labute approximate surface area is 111 Å². The third kappa shape index (κ3) is 3.55. The van der Waals surface area contributed by atoms with E-state index in [1.165, 1.54) is 18.6 Å². The lowest BCUT2D eigenvalue weighted by Crippen LogP contribution is -2.37. The minimum absolute atomic E-state index is 0.160. The van der Waals surface area contributed by atoms with Crippen LogP contribution in [0.15, 0.2) is 18.2 Å². The van der Waals surface area contributed by atoms with E-state index in [-0.39, 0.29) is 23.0 Å². The Bertz CT molecular complexity index is 461. The maximum Gasteiger partial charge on any atom is 0.491 e. The molecule has 1 amide bonds. The Morgan fingerprint density at radius 2 is 1.95 bits per heavy atom. The third-order valence-corrected chi connectivity index (χ3v) is 3.48. The van der Waals surface area contributed by atoms with Crippen LogP contribution in [-0.2, 0) is 0 Å². The summed E-state index contributed by atoms with van der Waals surface area (Å²) in [6.45, 7) is 0. The van der Waals surface area contributed by atoms with Gasteiger partial charge in [-0.2, -0.15) is 0 Å². The molecule has 3 N–H and O–H groups in total. The molecule has 0 atom stereocenters. The van der Waals surface area contributed by atoms with Crippen molar-refractivity contribution in [2.45, 2.75) is 38.1 Å². The Morgan fingerprint density at radius 3 is 2.53 bits per heavy atom. The highest BCUT2D eigenvalue weighted by Gasteiger charge is 2.20. The van der Waals surface area contributed by atoms with Crippen LogP contribution in [0.2, 0.25) is 0 Å². The molecule has 2 rings (SSSR count). The second-order valence-corrected chi connectivity index (χ2v) is 4.92. The van der Waals surface area contributed by atoms with Crippen molar-refractivity contribution in [3.63, 3.8) is 0 Å². The molecule has 1 fully saturated rings. The van der Waals surface area contributed by atoms with E-state index in [1.54, 1.807) is 0 Å². The van der Waals surface area contributed by atoms with E-state index in [4.69, 9.17) is 10.0 Å². The number of hydrogen-bond acceptors (Lipinski definition) is 3. The van der Waals surface area contributed by atoms with Gasteiger partial charge in [-0.1, -0.05) is 25.3 Å². The summed E-state index contributed by atoms with van der Waals surface area (Å²) in [7, 11) is -1.87. The van der Waals surface area contributed by atoms with Crippen molar-refractivity contribution in [1.29, 1.82) is 0 Å². The monoisotopic (exact) mass is 265 g/mol. The molecule has 102 valence electrons. The molecule has 0 aliphatic heterocycles. The van der Waals surface area contributed by atoms with Crippen molar-refractivity contribution in [2.75, 3.05) is 0 Å². The van der Waals surface area contributed by atoms with Gasteiger partial charge in [-0.15, -0.1) is 0 Å². The fourth-order valence-corrected chi connectivity index (χ4v) is 2.39. The van der Waals surface area contributed by atoms with Crippen LogP contribution in [0.4, 0.5) is 4.39 Å². The van der Waals surface area contributed by atoms with E-state index in [9.17, 15) is 9.18 Å². The highest BCUT2D eigenvalue weighted by atomic mass is 19.1. The topological polar surface area (TPSA) is 69.6 Å². The summed E-state index contributed by atoms with van der Waals surface area (Å²) >= 11 is 0. The van der Waals surface area contributed by atoms with Crippen molar-refractivity contribution in [1.82, 2.24) is 5.32 Å². The lowest BCUT2D eigenvalue weighted by Gasteiger charge is -2.22. The van der Waals surface area contributed by atoms with E-state index < -0.39 is 12.9 Å². The maximum atomic E-state index is 13.5. The van der Waals surface area contributed by atoms with Crippen LogP contribution in [0, 0.1) is 5.82 Å². The normalized spacial score (nSPS) is 16.2. The van der Waals surface area contributed by atoms with Crippen molar-refractivity contribution in [3.05, 3.63) is 29.6 Å². The molecule has 1 aromatic rings. The van der Waals surface area contributed by atoms with Crippen LogP contribution >= 0.6 is 0 Å². The highest BCUT2D eigenvalue weighted by Crippen LogP contribution is 2.17. The van der Waals surface area contributed by atoms with Crippen molar-refractivity contribution >= 4 is 18.5 Å².